The molecule has 0 atom stereocenters. The molecule has 5 heteroatoms. The number of nitriles is 1. The minimum Gasteiger partial charge on any atom is -0.457 e. The molecule has 0 fully saturated rings. The number of furan rings is 1. The largest absolute Gasteiger partial charge is 0.457 e. The van der Waals surface area contributed by atoms with Gasteiger partial charge in [0.2, 0.25) is 0 Å². The lowest BCUT2D eigenvalue weighted by Gasteiger charge is -2.19. The molecule has 1 heterocycles. The minimum atomic E-state index is -0.430. The van der Waals surface area contributed by atoms with Crippen LogP contribution in [-0.4, -0.2) is 11.4 Å². The lowest BCUT2D eigenvalue weighted by molar-refractivity contribution is -0.118. The third kappa shape index (κ3) is 4.73. The molecule has 0 saturated heterocycles. The van der Waals surface area contributed by atoms with Crippen LogP contribution in [0.1, 0.15) is 26.5 Å². The fourth-order valence-electron chi connectivity index (χ4n) is 1.93. The zero-order valence-electron chi connectivity index (χ0n) is 13.2. The van der Waals surface area contributed by atoms with E-state index in [9.17, 15) is 10.1 Å². The summed E-state index contributed by atoms with van der Waals surface area (Å²) in [5.41, 5.74) is 0.406. The number of carbonyl (C=O) groups excluding carboxylic acids is 1. The minimum absolute atomic E-state index is 0.00748. The van der Waals surface area contributed by atoms with E-state index in [4.69, 9.17) is 16.0 Å². The van der Waals surface area contributed by atoms with Gasteiger partial charge in [0.25, 0.3) is 5.91 Å². The molecular formula is C18H17ClN2O2. The normalized spacial score (nSPS) is 11.9. The van der Waals surface area contributed by atoms with E-state index in [1.807, 2.05) is 39.0 Å². The van der Waals surface area contributed by atoms with E-state index < -0.39 is 11.4 Å². The molecule has 118 valence electrons. The molecule has 1 amide bonds. The van der Waals surface area contributed by atoms with Gasteiger partial charge >= 0.3 is 0 Å². The van der Waals surface area contributed by atoms with Crippen molar-refractivity contribution in [3.8, 4) is 17.4 Å². The first kappa shape index (κ1) is 16.9. The van der Waals surface area contributed by atoms with E-state index in [1.165, 1.54) is 6.08 Å². The predicted octanol–water partition coefficient (Wildman–Crippen LogP) is 4.42. The number of hydrogen-bond acceptors (Lipinski definition) is 3. The van der Waals surface area contributed by atoms with Crippen molar-refractivity contribution >= 4 is 23.6 Å². The summed E-state index contributed by atoms with van der Waals surface area (Å²) in [6, 6.07) is 12.6. The highest BCUT2D eigenvalue weighted by Gasteiger charge is 2.17. The van der Waals surface area contributed by atoms with Crippen molar-refractivity contribution in [1.82, 2.24) is 5.32 Å². The molecule has 1 aromatic heterocycles. The first-order valence-electron chi connectivity index (χ1n) is 7.08. The van der Waals surface area contributed by atoms with Gasteiger partial charge in [0.1, 0.15) is 23.2 Å². The van der Waals surface area contributed by atoms with Crippen molar-refractivity contribution in [3.05, 3.63) is 52.8 Å². The number of benzene rings is 1. The zero-order chi connectivity index (χ0) is 17.0. The van der Waals surface area contributed by atoms with Crippen LogP contribution in [0.25, 0.3) is 17.4 Å². The van der Waals surface area contributed by atoms with Crippen molar-refractivity contribution in [2.24, 2.45) is 0 Å². The molecule has 0 saturated carbocycles. The second-order valence-electron chi connectivity index (χ2n) is 6.09. The molecule has 0 aliphatic heterocycles. The van der Waals surface area contributed by atoms with Crippen LogP contribution in [0.15, 0.2) is 46.4 Å². The van der Waals surface area contributed by atoms with E-state index in [-0.39, 0.29) is 5.57 Å². The van der Waals surface area contributed by atoms with Crippen LogP contribution in [0.3, 0.4) is 0 Å². The molecule has 0 radical (unpaired) electrons. The highest BCUT2D eigenvalue weighted by Crippen LogP contribution is 2.25. The fourth-order valence-corrected chi connectivity index (χ4v) is 2.12. The average Bonchev–Trinajstić information content (AvgIpc) is 2.91. The Balaban J connectivity index is 2.25. The maximum atomic E-state index is 12.1. The Bertz CT molecular complexity index is 792. The smallest absolute Gasteiger partial charge is 0.262 e. The van der Waals surface area contributed by atoms with Gasteiger partial charge in [0.15, 0.2) is 0 Å². The van der Waals surface area contributed by atoms with Crippen molar-refractivity contribution in [2.75, 3.05) is 0 Å². The third-order valence-corrected chi connectivity index (χ3v) is 3.11. The summed E-state index contributed by atoms with van der Waals surface area (Å²) in [5.74, 6) is 0.619. The number of carbonyl (C=O) groups is 1. The molecule has 23 heavy (non-hydrogen) atoms. The first-order chi connectivity index (χ1) is 10.8. The third-order valence-electron chi connectivity index (χ3n) is 2.88. The first-order valence-corrected chi connectivity index (χ1v) is 7.46. The maximum absolute atomic E-state index is 12.1. The number of rotatable bonds is 3. The summed E-state index contributed by atoms with van der Waals surface area (Å²) in [4.78, 5) is 12.1. The molecule has 0 aliphatic carbocycles. The fraction of sp³-hybridized carbons (Fsp3) is 0.222. The zero-order valence-corrected chi connectivity index (χ0v) is 13.9. The van der Waals surface area contributed by atoms with Crippen LogP contribution in [0.2, 0.25) is 5.02 Å². The Morgan fingerprint density at radius 2 is 2.04 bits per heavy atom. The molecule has 1 N–H and O–H groups in total. The monoisotopic (exact) mass is 328 g/mol. The standard InChI is InChI=1S/C18H17ClN2O2/c1-18(2,3)21-17(22)13(11-20)10-15-7-8-16(23-15)12-5-4-6-14(19)9-12/h4-10H,1-3H3,(H,21,22)/b13-10+. The quantitative estimate of drug-likeness (QED) is 0.670. The molecule has 1 aromatic carbocycles. The summed E-state index contributed by atoms with van der Waals surface area (Å²) in [6.07, 6.45) is 1.43. The van der Waals surface area contributed by atoms with Crippen LogP contribution in [0, 0.1) is 11.3 Å². The molecule has 0 bridgehead atoms. The van der Waals surface area contributed by atoms with E-state index in [1.54, 1.807) is 24.3 Å². The number of nitrogens with zero attached hydrogens (tertiary/aromatic N) is 1. The summed E-state index contributed by atoms with van der Waals surface area (Å²) in [6.45, 7) is 5.55. The molecule has 0 aliphatic rings. The summed E-state index contributed by atoms with van der Waals surface area (Å²) in [7, 11) is 0. The van der Waals surface area contributed by atoms with Crippen LogP contribution in [0.5, 0.6) is 0 Å². The lowest BCUT2D eigenvalue weighted by Crippen LogP contribution is -2.41. The highest BCUT2D eigenvalue weighted by molar-refractivity contribution is 6.30. The van der Waals surface area contributed by atoms with E-state index >= 15 is 0 Å². The van der Waals surface area contributed by atoms with Crippen LogP contribution in [0.4, 0.5) is 0 Å². The van der Waals surface area contributed by atoms with Gasteiger partial charge in [-0.2, -0.15) is 5.26 Å². The SMILES string of the molecule is CC(C)(C)NC(=O)/C(C#N)=C/c1ccc(-c2cccc(Cl)c2)o1. The number of amides is 1. The van der Waals surface area contributed by atoms with Gasteiger partial charge in [0, 0.05) is 22.2 Å². The second kappa shape index (κ2) is 6.72. The van der Waals surface area contributed by atoms with Crippen molar-refractivity contribution < 1.29 is 9.21 Å². The van der Waals surface area contributed by atoms with Crippen molar-refractivity contribution in [3.63, 3.8) is 0 Å². The van der Waals surface area contributed by atoms with Gasteiger partial charge in [-0.25, -0.2) is 0 Å². The van der Waals surface area contributed by atoms with E-state index in [2.05, 4.69) is 5.32 Å². The Morgan fingerprint density at radius 3 is 2.65 bits per heavy atom. The molecule has 0 spiro atoms. The Labute approximate surface area is 140 Å². The topological polar surface area (TPSA) is 66.0 Å². The maximum Gasteiger partial charge on any atom is 0.262 e. The Hall–Kier alpha value is -2.51. The van der Waals surface area contributed by atoms with Gasteiger partial charge in [-0.1, -0.05) is 23.7 Å². The van der Waals surface area contributed by atoms with Gasteiger partial charge in [-0.15, -0.1) is 0 Å². The van der Waals surface area contributed by atoms with Gasteiger partial charge in [-0.3, -0.25) is 4.79 Å². The molecule has 2 rings (SSSR count). The van der Waals surface area contributed by atoms with E-state index in [0.29, 0.717) is 16.5 Å². The van der Waals surface area contributed by atoms with Crippen LogP contribution >= 0.6 is 11.6 Å². The van der Waals surface area contributed by atoms with Crippen LogP contribution in [-0.2, 0) is 4.79 Å². The summed E-state index contributed by atoms with van der Waals surface area (Å²) >= 11 is 5.96. The Morgan fingerprint density at radius 1 is 1.30 bits per heavy atom. The molecule has 2 aromatic rings. The Kier molecular flexibility index (Phi) is 4.92. The van der Waals surface area contributed by atoms with Crippen molar-refractivity contribution in [2.45, 2.75) is 26.3 Å². The summed E-state index contributed by atoms with van der Waals surface area (Å²) < 4.78 is 5.67. The number of nitrogens with one attached hydrogen (secondary N) is 1. The number of hydrogen-bond donors (Lipinski definition) is 1. The number of halogens is 1. The predicted molar refractivity (Wildman–Crippen MR) is 90.6 cm³/mol. The average molecular weight is 329 g/mol. The van der Waals surface area contributed by atoms with E-state index in [0.717, 1.165) is 5.56 Å². The van der Waals surface area contributed by atoms with Gasteiger partial charge in [0.05, 0.1) is 0 Å². The summed E-state index contributed by atoms with van der Waals surface area (Å²) in [5, 5.41) is 12.5. The molecule has 4 nitrogen and oxygen atoms in total. The lowest BCUT2D eigenvalue weighted by atomic mass is 10.1. The van der Waals surface area contributed by atoms with Gasteiger partial charge in [-0.05, 0) is 45.0 Å². The highest BCUT2D eigenvalue weighted by atomic mass is 35.5. The molecular weight excluding hydrogens is 312 g/mol. The van der Waals surface area contributed by atoms with Crippen LogP contribution < -0.4 is 5.32 Å². The second-order valence-corrected chi connectivity index (χ2v) is 6.52. The van der Waals surface area contributed by atoms with Crippen molar-refractivity contribution in [1.29, 1.82) is 5.26 Å². The van der Waals surface area contributed by atoms with Gasteiger partial charge < -0.3 is 9.73 Å². The molecule has 0 unspecified atom stereocenters.